The van der Waals surface area contributed by atoms with Gasteiger partial charge in [-0.05, 0) is 32.9 Å². The molecule has 1 rings (SSSR count). The standard InChI is InChI=1S/C12H18N2O/c1-12(2,3)14-11(15)9-7-5-6-8-10(9)13-4/h5-8,13H,1-4H3,(H,14,15). The number of anilines is 1. The molecule has 15 heavy (non-hydrogen) atoms. The fourth-order valence-corrected chi connectivity index (χ4v) is 1.31. The molecule has 1 aromatic rings. The van der Waals surface area contributed by atoms with Gasteiger partial charge in [0.15, 0.2) is 0 Å². The van der Waals surface area contributed by atoms with Crippen molar-refractivity contribution in [3.8, 4) is 0 Å². The molecule has 3 heteroatoms. The summed E-state index contributed by atoms with van der Waals surface area (Å²) < 4.78 is 0. The third kappa shape index (κ3) is 3.27. The molecule has 0 aromatic heterocycles. The molecule has 0 atom stereocenters. The summed E-state index contributed by atoms with van der Waals surface area (Å²) in [6, 6.07) is 7.46. The van der Waals surface area contributed by atoms with Crippen LogP contribution in [0.1, 0.15) is 31.1 Å². The van der Waals surface area contributed by atoms with Crippen LogP contribution in [0.5, 0.6) is 0 Å². The Hall–Kier alpha value is -1.51. The van der Waals surface area contributed by atoms with E-state index in [4.69, 9.17) is 0 Å². The molecule has 0 fully saturated rings. The maximum absolute atomic E-state index is 11.9. The molecule has 0 radical (unpaired) electrons. The molecule has 0 aliphatic carbocycles. The zero-order valence-electron chi connectivity index (χ0n) is 9.72. The van der Waals surface area contributed by atoms with Crippen molar-refractivity contribution in [1.29, 1.82) is 0 Å². The van der Waals surface area contributed by atoms with E-state index >= 15 is 0 Å². The van der Waals surface area contributed by atoms with Crippen LogP contribution in [-0.4, -0.2) is 18.5 Å². The number of para-hydroxylation sites is 1. The number of nitrogens with one attached hydrogen (secondary N) is 2. The number of hydrogen-bond acceptors (Lipinski definition) is 2. The highest BCUT2D eigenvalue weighted by Crippen LogP contribution is 2.15. The van der Waals surface area contributed by atoms with Gasteiger partial charge in [0.2, 0.25) is 0 Å². The van der Waals surface area contributed by atoms with Crippen molar-refractivity contribution in [3.63, 3.8) is 0 Å². The third-order valence-corrected chi connectivity index (χ3v) is 1.93. The number of benzene rings is 1. The van der Waals surface area contributed by atoms with Gasteiger partial charge < -0.3 is 10.6 Å². The minimum Gasteiger partial charge on any atom is -0.387 e. The lowest BCUT2D eigenvalue weighted by atomic mass is 10.1. The lowest BCUT2D eigenvalue weighted by Gasteiger charge is -2.21. The zero-order valence-corrected chi connectivity index (χ0v) is 9.72. The monoisotopic (exact) mass is 206 g/mol. The Balaban J connectivity index is 2.91. The molecule has 0 bridgehead atoms. The van der Waals surface area contributed by atoms with Crippen molar-refractivity contribution in [2.75, 3.05) is 12.4 Å². The van der Waals surface area contributed by atoms with Gasteiger partial charge in [0.25, 0.3) is 5.91 Å². The van der Waals surface area contributed by atoms with Gasteiger partial charge in [-0.15, -0.1) is 0 Å². The van der Waals surface area contributed by atoms with Crippen LogP contribution in [0.15, 0.2) is 24.3 Å². The van der Waals surface area contributed by atoms with Crippen LogP contribution in [0, 0.1) is 0 Å². The maximum atomic E-state index is 11.9. The molecule has 0 saturated carbocycles. The van der Waals surface area contributed by atoms with Crippen LogP contribution in [-0.2, 0) is 0 Å². The van der Waals surface area contributed by atoms with Crippen molar-refractivity contribution in [3.05, 3.63) is 29.8 Å². The number of carbonyl (C=O) groups excluding carboxylic acids is 1. The fourth-order valence-electron chi connectivity index (χ4n) is 1.31. The van der Waals surface area contributed by atoms with Crippen LogP contribution < -0.4 is 10.6 Å². The lowest BCUT2D eigenvalue weighted by Crippen LogP contribution is -2.40. The summed E-state index contributed by atoms with van der Waals surface area (Å²) in [7, 11) is 1.81. The van der Waals surface area contributed by atoms with E-state index in [9.17, 15) is 4.79 Å². The second-order valence-electron chi connectivity index (χ2n) is 4.50. The maximum Gasteiger partial charge on any atom is 0.253 e. The third-order valence-electron chi connectivity index (χ3n) is 1.93. The van der Waals surface area contributed by atoms with Crippen molar-refractivity contribution in [2.45, 2.75) is 26.3 Å². The lowest BCUT2D eigenvalue weighted by molar-refractivity contribution is 0.0920. The summed E-state index contributed by atoms with van der Waals surface area (Å²) >= 11 is 0. The molecule has 1 aromatic carbocycles. The number of rotatable bonds is 2. The summed E-state index contributed by atoms with van der Waals surface area (Å²) in [5.41, 5.74) is 1.31. The summed E-state index contributed by atoms with van der Waals surface area (Å²) in [6.45, 7) is 5.90. The molecule has 3 nitrogen and oxygen atoms in total. The first kappa shape index (κ1) is 11.6. The van der Waals surface area contributed by atoms with Crippen LogP contribution in [0.2, 0.25) is 0 Å². The Morgan fingerprint density at radius 3 is 2.33 bits per heavy atom. The Labute approximate surface area is 90.9 Å². The predicted molar refractivity (Wildman–Crippen MR) is 63.2 cm³/mol. The van der Waals surface area contributed by atoms with Crippen molar-refractivity contribution in [2.24, 2.45) is 0 Å². The Morgan fingerprint density at radius 1 is 1.20 bits per heavy atom. The molecule has 0 saturated heterocycles. The minimum atomic E-state index is -0.210. The van der Waals surface area contributed by atoms with Gasteiger partial charge in [0, 0.05) is 18.3 Å². The van der Waals surface area contributed by atoms with Gasteiger partial charge >= 0.3 is 0 Å². The van der Waals surface area contributed by atoms with E-state index < -0.39 is 0 Å². The zero-order chi connectivity index (χ0) is 11.5. The predicted octanol–water partition coefficient (Wildman–Crippen LogP) is 2.26. The number of amides is 1. The number of hydrogen-bond donors (Lipinski definition) is 2. The van der Waals surface area contributed by atoms with Crippen LogP contribution in [0.3, 0.4) is 0 Å². The molecule has 0 unspecified atom stereocenters. The summed E-state index contributed by atoms with van der Waals surface area (Å²) in [5, 5.41) is 5.93. The Kier molecular flexibility index (Phi) is 3.35. The molecule has 1 amide bonds. The Morgan fingerprint density at radius 2 is 1.80 bits per heavy atom. The van der Waals surface area contributed by atoms with E-state index in [2.05, 4.69) is 10.6 Å². The topological polar surface area (TPSA) is 41.1 Å². The summed E-state index contributed by atoms with van der Waals surface area (Å²) in [6.07, 6.45) is 0. The van der Waals surface area contributed by atoms with E-state index in [1.165, 1.54) is 0 Å². The van der Waals surface area contributed by atoms with Gasteiger partial charge in [-0.25, -0.2) is 0 Å². The molecule has 0 aliphatic heterocycles. The fraction of sp³-hybridized carbons (Fsp3) is 0.417. The minimum absolute atomic E-state index is 0.0487. The molecule has 82 valence electrons. The highest BCUT2D eigenvalue weighted by Gasteiger charge is 2.16. The largest absolute Gasteiger partial charge is 0.387 e. The molecule has 0 aliphatic rings. The van der Waals surface area contributed by atoms with E-state index in [-0.39, 0.29) is 11.4 Å². The van der Waals surface area contributed by atoms with Crippen molar-refractivity contribution < 1.29 is 4.79 Å². The average molecular weight is 206 g/mol. The second-order valence-corrected chi connectivity index (χ2v) is 4.50. The van der Waals surface area contributed by atoms with Gasteiger partial charge in [0.05, 0.1) is 5.56 Å². The van der Waals surface area contributed by atoms with Gasteiger partial charge in [-0.3, -0.25) is 4.79 Å². The first-order valence-corrected chi connectivity index (χ1v) is 5.03. The van der Waals surface area contributed by atoms with Gasteiger partial charge in [-0.2, -0.15) is 0 Å². The first-order valence-electron chi connectivity index (χ1n) is 5.03. The van der Waals surface area contributed by atoms with E-state index in [0.29, 0.717) is 5.56 Å². The summed E-state index contributed by atoms with van der Waals surface area (Å²) in [4.78, 5) is 11.9. The Bertz CT molecular complexity index is 353. The molecule has 0 heterocycles. The molecule has 0 spiro atoms. The smallest absolute Gasteiger partial charge is 0.253 e. The highest BCUT2D eigenvalue weighted by molar-refractivity contribution is 5.99. The highest BCUT2D eigenvalue weighted by atomic mass is 16.1. The molecule has 2 N–H and O–H groups in total. The van der Waals surface area contributed by atoms with Crippen LogP contribution in [0.4, 0.5) is 5.69 Å². The van der Waals surface area contributed by atoms with E-state index in [1.807, 2.05) is 52.1 Å². The first-order chi connectivity index (χ1) is 6.94. The second kappa shape index (κ2) is 4.34. The number of carbonyl (C=O) groups is 1. The van der Waals surface area contributed by atoms with E-state index in [1.54, 1.807) is 0 Å². The van der Waals surface area contributed by atoms with Gasteiger partial charge in [-0.1, -0.05) is 12.1 Å². The van der Waals surface area contributed by atoms with Crippen LogP contribution in [0.25, 0.3) is 0 Å². The normalized spacial score (nSPS) is 10.9. The van der Waals surface area contributed by atoms with Gasteiger partial charge in [0.1, 0.15) is 0 Å². The average Bonchev–Trinajstić information content (AvgIpc) is 2.15. The summed E-state index contributed by atoms with van der Waals surface area (Å²) in [5.74, 6) is -0.0487. The van der Waals surface area contributed by atoms with Crippen molar-refractivity contribution in [1.82, 2.24) is 5.32 Å². The van der Waals surface area contributed by atoms with Crippen molar-refractivity contribution >= 4 is 11.6 Å². The van der Waals surface area contributed by atoms with E-state index in [0.717, 1.165) is 5.69 Å². The molecular weight excluding hydrogens is 188 g/mol. The quantitative estimate of drug-likeness (QED) is 0.779. The van der Waals surface area contributed by atoms with Crippen LogP contribution >= 0.6 is 0 Å². The molecular formula is C12H18N2O. The SMILES string of the molecule is CNc1ccccc1C(=O)NC(C)(C)C.